The lowest BCUT2D eigenvalue weighted by Gasteiger charge is -2.29. The molecule has 3 heterocycles. The highest BCUT2D eigenvalue weighted by Gasteiger charge is 2.62. The van der Waals surface area contributed by atoms with Gasteiger partial charge in [-0.2, -0.15) is 0 Å². The van der Waals surface area contributed by atoms with Crippen molar-refractivity contribution in [3.05, 3.63) is 54.1 Å². The van der Waals surface area contributed by atoms with Gasteiger partial charge in [0.25, 0.3) is 5.91 Å². The molecule has 0 spiro atoms. The number of fused-ring (bicyclic) bond motifs is 3. The first-order valence-electron chi connectivity index (χ1n) is 9.83. The first kappa shape index (κ1) is 18.1. The molecule has 0 radical (unpaired) electrons. The number of methoxy groups -OCH3 is 2. The number of hydrogen-bond donors (Lipinski definition) is 0. The number of amides is 2. The van der Waals surface area contributed by atoms with Gasteiger partial charge < -0.3 is 9.47 Å². The Bertz CT molecular complexity index is 944. The fourth-order valence-corrected chi connectivity index (χ4v) is 4.90. The molecule has 3 unspecified atom stereocenters. The molecule has 29 heavy (non-hydrogen) atoms. The Labute approximate surface area is 169 Å². The van der Waals surface area contributed by atoms with Gasteiger partial charge in [-0.25, -0.2) is 14.9 Å². The maximum absolute atomic E-state index is 13.5. The van der Waals surface area contributed by atoms with Crippen molar-refractivity contribution >= 4 is 17.5 Å². The number of hydrazine groups is 1. The van der Waals surface area contributed by atoms with Crippen molar-refractivity contribution in [3.63, 3.8) is 0 Å². The average Bonchev–Trinajstić information content (AvgIpc) is 3.40. The summed E-state index contributed by atoms with van der Waals surface area (Å²) in [5.41, 5.74) is 1.62. The molecule has 3 fully saturated rings. The second kappa shape index (κ2) is 6.86. The molecule has 5 rings (SSSR count). The number of ether oxygens (including phenoxy) is 2. The van der Waals surface area contributed by atoms with Crippen LogP contribution in [0.3, 0.4) is 0 Å². The van der Waals surface area contributed by atoms with Crippen molar-refractivity contribution in [2.24, 2.45) is 5.92 Å². The molecule has 3 atom stereocenters. The van der Waals surface area contributed by atoms with Gasteiger partial charge in [0, 0.05) is 13.1 Å². The van der Waals surface area contributed by atoms with Crippen molar-refractivity contribution in [2.45, 2.75) is 18.5 Å². The van der Waals surface area contributed by atoms with Crippen LogP contribution in [0.15, 0.2) is 48.5 Å². The molecule has 7 nitrogen and oxygen atoms in total. The van der Waals surface area contributed by atoms with E-state index in [0.29, 0.717) is 11.4 Å². The fourth-order valence-electron chi connectivity index (χ4n) is 4.90. The maximum Gasteiger partial charge on any atom is 0.253 e. The highest BCUT2D eigenvalue weighted by Crippen LogP contribution is 2.49. The van der Waals surface area contributed by atoms with Crippen molar-refractivity contribution in [1.82, 2.24) is 10.0 Å². The van der Waals surface area contributed by atoms with Gasteiger partial charge in [0.05, 0.1) is 31.9 Å². The Morgan fingerprint density at radius 3 is 1.90 bits per heavy atom. The number of benzene rings is 2. The van der Waals surface area contributed by atoms with E-state index >= 15 is 0 Å². The predicted octanol–water partition coefficient (Wildman–Crippen LogP) is 2.24. The van der Waals surface area contributed by atoms with Crippen LogP contribution in [0.5, 0.6) is 11.5 Å². The number of carbonyl (C=O) groups is 2. The van der Waals surface area contributed by atoms with Gasteiger partial charge in [-0.3, -0.25) is 9.59 Å². The first-order valence-corrected chi connectivity index (χ1v) is 9.83. The maximum atomic E-state index is 13.5. The zero-order chi connectivity index (χ0) is 20.1. The summed E-state index contributed by atoms with van der Waals surface area (Å²) in [6, 6.07) is 14.3. The summed E-state index contributed by atoms with van der Waals surface area (Å²) in [5.74, 6) is 0.761. The van der Waals surface area contributed by atoms with Crippen LogP contribution in [0.4, 0.5) is 5.69 Å². The van der Waals surface area contributed by atoms with Crippen LogP contribution in [-0.2, 0) is 9.59 Å². The molecule has 2 aromatic carbocycles. The lowest BCUT2D eigenvalue weighted by atomic mass is 9.90. The lowest BCUT2D eigenvalue weighted by molar-refractivity contribution is -0.126. The van der Waals surface area contributed by atoms with Crippen LogP contribution in [0.25, 0.3) is 0 Å². The molecule has 7 heteroatoms. The quantitative estimate of drug-likeness (QED) is 0.743. The largest absolute Gasteiger partial charge is 0.497 e. The molecule has 2 aromatic rings. The number of anilines is 1. The van der Waals surface area contributed by atoms with Gasteiger partial charge in [0.15, 0.2) is 0 Å². The second-order valence-electron chi connectivity index (χ2n) is 7.58. The van der Waals surface area contributed by atoms with Gasteiger partial charge in [0.1, 0.15) is 17.5 Å². The van der Waals surface area contributed by atoms with Crippen molar-refractivity contribution in [2.75, 3.05) is 32.2 Å². The molecule has 3 saturated heterocycles. The standard InChI is InChI=1S/C22H23N3O4/c1-28-16-8-4-14(5-9-16)19-18-20(24-13-3-12-23(19)24)22(27)25(21(18)26)15-6-10-17(29-2)11-7-15/h4-11,18-20H,3,12-13H2,1-2H3. The van der Waals surface area contributed by atoms with Crippen LogP contribution in [-0.4, -0.2) is 55.2 Å². The number of imide groups is 1. The van der Waals surface area contributed by atoms with Gasteiger partial charge in [0.2, 0.25) is 5.91 Å². The molecule has 0 saturated carbocycles. The summed E-state index contributed by atoms with van der Waals surface area (Å²) >= 11 is 0. The van der Waals surface area contributed by atoms with Crippen LogP contribution in [0.2, 0.25) is 0 Å². The smallest absolute Gasteiger partial charge is 0.253 e. The Hall–Kier alpha value is -2.90. The number of nitrogens with zero attached hydrogens (tertiary/aromatic N) is 3. The average molecular weight is 393 g/mol. The molecular formula is C22H23N3O4. The molecule has 150 valence electrons. The molecule has 3 aliphatic heterocycles. The summed E-state index contributed by atoms with van der Waals surface area (Å²) < 4.78 is 10.5. The third kappa shape index (κ3) is 2.65. The predicted molar refractivity (Wildman–Crippen MR) is 107 cm³/mol. The SMILES string of the molecule is COc1ccc(C2C3C(=O)N(c4ccc(OC)cc4)C(=O)C3N3CCCN23)cc1. The normalized spacial score (nSPS) is 26.7. The molecule has 3 aliphatic rings. The number of carbonyl (C=O) groups excluding carboxylic acids is 2. The zero-order valence-corrected chi connectivity index (χ0v) is 16.4. The van der Waals surface area contributed by atoms with Crippen LogP contribution in [0, 0.1) is 5.92 Å². The van der Waals surface area contributed by atoms with Crippen molar-refractivity contribution < 1.29 is 19.1 Å². The van der Waals surface area contributed by atoms with Crippen molar-refractivity contribution in [3.8, 4) is 11.5 Å². The molecule has 2 amide bonds. The second-order valence-corrected chi connectivity index (χ2v) is 7.58. The summed E-state index contributed by atoms with van der Waals surface area (Å²) in [6.45, 7) is 1.65. The van der Waals surface area contributed by atoms with E-state index in [1.165, 1.54) is 4.90 Å². The van der Waals surface area contributed by atoms with E-state index in [1.807, 2.05) is 24.3 Å². The third-order valence-electron chi connectivity index (χ3n) is 6.19. The highest BCUT2D eigenvalue weighted by atomic mass is 16.5. The van der Waals surface area contributed by atoms with Gasteiger partial charge in [-0.05, 0) is 48.4 Å². The van der Waals surface area contributed by atoms with Gasteiger partial charge in [-0.15, -0.1) is 0 Å². The number of rotatable bonds is 4. The molecule has 0 aliphatic carbocycles. The van der Waals surface area contributed by atoms with Crippen LogP contribution >= 0.6 is 0 Å². The fraction of sp³-hybridized carbons (Fsp3) is 0.364. The topological polar surface area (TPSA) is 62.3 Å². The van der Waals surface area contributed by atoms with E-state index < -0.39 is 12.0 Å². The minimum Gasteiger partial charge on any atom is -0.497 e. The highest BCUT2D eigenvalue weighted by molar-refractivity contribution is 6.24. The van der Waals surface area contributed by atoms with Crippen LogP contribution < -0.4 is 14.4 Å². The molecular weight excluding hydrogens is 370 g/mol. The summed E-state index contributed by atoms with van der Waals surface area (Å²) in [7, 11) is 3.22. The Morgan fingerprint density at radius 1 is 0.759 bits per heavy atom. The minimum absolute atomic E-state index is 0.139. The van der Waals surface area contributed by atoms with E-state index in [-0.39, 0.29) is 17.9 Å². The monoisotopic (exact) mass is 393 g/mol. The summed E-state index contributed by atoms with van der Waals surface area (Å²) in [5, 5.41) is 4.31. The summed E-state index contributed by atoms with van der Waals surface area (Å²) in [6.07, 6.45) is 0.986. The molecule has 0 aromatic heterocycles. The van der Waals surface area contributed by atoms with E-state index in [1.54, 1.807) is 38.5 Å². The van der Waals surface area contributed by atoms with E-state index in [9.17, 15) is 9.59 Å². The zero-order valence-electron chi connectivity index (χ0n) is 16.4. The Morgan fingerprint density at radius 2 is 1.31 bits per heavy atom. The lowest BCUT2D eigenvalue weighted by Crippen LogP contribution is -2.44. The van der Waals surface area contributed by atoms with Gasteiger partial charge >= 0.3 is 0 Å². The first-order chi connectivity index (χ1) is 14.1. The summed E-state index contributed by atoms with van der Waals surface area (Å²) in [4.78, 5) is 28.2. The third-order valence-corrected chi connectivity index (χ3v) is 6.19. The minimum atomic E-state index is -0.445. The van der Waals surface area contributed by atoms with Crippen LogP contribution in [0.1, 0.15) is 18.0 Å². The Kier molecular flexibility index (Phi) is 4.29. The van der Waals surface area contributed by atoms with E-state index in [4.69, 9.17) is 9.47 Å². The van der Waals surface area contributed by atoms with E-state index in [0.717, 1.165) is 30.8 Å². The molecule has 0 bridgehead atoms. The van der Waals surface area contributed by atoms with Crippen molar-refractivity contribution in [1.29, 1.82) is 0 Å². The number of hydrogen-bond acceptors (Lipinski definition) is 6. The Balaban J connectivity index is 1.53. The molecule has 0 N–H and O–H groups in total. The van der Waals surface area contributed by atoms with Gasteiger partial charge in [-0.1, -0.05) is 12.1 Å². The van der Waals surface area contributed by atoms with E-state index in [2.05, 4.69) is 10.0 Å².